The van der Waals surface area contributed by atoms with Gasteiger partial charge in [-0.2, -0.15) is 0 Å². The van der Waals surface area contributed by atoms with E-state index in [1.165, 1.54) is 0 Å². The van der Waals surface area contributed by atoms with Gasteiger partial charge in [0.15, 0.2) is 6.10 Å². The smallest absolute Gasteiger partial charge is 0.375 e. The third-order valence-electron chi connectivity index (χ3n) is 5.34. The third-order valence-corrected chi connectivity index (χ3v) is 5.34. The molecule has 0 saturated heterocycles. The van der Waals surface area contributed by atoms with E-state index in [4.69, 9.17) is 13.9 Å². The zero-order valence-corrected chi connectivity index (χ0v) is 17.9. The molecule has 1 aromatic heterocycles. The highest BCUT2D eigenvalue weighted by Crippen LogP contribution is 2.30. The Kier molecular flexibility index (Phi) is 6.45. The molecule has 0 spiro atoms. The Morgan fingerprint density at radius 1 is 1.13 bits per heavy atom. The molecule has 0 radical (unpaired) electrons. The van der Waals surface area contributed by atoms with Gasteiger partial charge in [0.05, 0.1) is 7.11 Å². The van der Waals surface area contributed by atoms with Gasteiger partial charge in [0, 0.05) is 16.6 Å². The Balaban J connectivity index is 1.74. The molecule has 0 aliphatic carbocycles. The van der Waals surface area contributed by atoms with Crippen molar-refractivity contribution in [3.05, 3.63) is 59.4 Å². The van der Waals surface area contributed by atoms with Crippen molar-refractivity contribution in [2.45, 2.75) is 46.1 Å². The summed E-state index contributed by atoms with van der Waals surface area (Å²) in [6.45, 7) is 7.52. The second-order valence-corrected chi connectivity index (χ2v) is 7.35. The van der Waals surface area contributed by atoms with Crippen molar-refractivity contribution in [2.24, 2.45) is 0 Å². The van der Waals surface area contributed by atoms with Crippen molar-refractivity contribution >= 4 is 28.5 Å². The molecule has 1 N–H and O–H groups in total. The van der Waals surface area contributed by atoms with Gasteiger partial charge in [-0.05, 0) is 56.0 Å². The molecule has 2 aromatic carbocycles. The number of hydrogen-bond acceptors (Lipinski definition) is 5. The van der Waals surface area contributed by atoms with Crippen LogP contribution in [0, 0.1) is 6.92 Å². The molecule has 0 fully saturated rings. The van der Waals surface area contributed by atoms with Crippen LogP contribution in [0.3, 0.4) is 0 Å². The maximum atomic E-state index is 12.7. The first kappa shape index (κ1) is 21.4. The van der Waals surface area contributed by atoms with Crippen LogP contribution in [0.5, 0.6) is 5.75 Å². The number of rotatable bonds is 7. The van der Waals surface area contributed by atoms with E-state index in [2.05, 4.69) is 19.2 Å². The monoisotopic (exact) mass is 409 g/mol. The molecular formula is C24H27NO5. The van der Waals surface area contributed by atoms with Gasteiger partial charge in [-0.25, -0.2) is 4.79 Å². The van der Waals surface area contributed by atoms with Crippen molar-refractivity contribution in [1.82, 2.24) is 0 Å². The van der Waals surface area contributed by atoms with Crippen molar-refractivity contribution in [3.63, 3.8) is 0 Å². The number of fused-ring (bicyclic) bond motifs is 1. The van der Waals surface area contributed by atoms with Crippen molar-refractivity contribution in [1.29, 1.82) is 0 Å². The molecular weight excluding hydrogens is 382 g/mol. The average Bonchev–Trinajstić information content (AvgIpc) is 3.09. The summed E-state index contributed by atoms with van der Waals surface area (Å²) < 4.78 is 16.3. The molecule has 0 saturated carbocycles. The van der Waals surface area contributed by atoms with E-state index < -0.39 is 18.0 Å². The van der Waals surface area contributed by atoms with Crippen LogP contribution in [-0.2, 0) is 9.53 Å². The number of hydrogen-bond donors (Lipinski definition) is 1. The number of amides is 1. The summed E-state index contributed by atoms with van der Waals surface area (Å²) in [5.41, 5.74) is 2.98. The van der Waals surface area contributed by atoms with Crippen LogP contribution in [0.4, 0.5) is 5.69 Å². The first-order chi connectivity index (χ1) is 14.3. The molecule has 2 atom stereocenters. The molecule has 1 amide bonds. The summed E-state index contributed by atoms with van der Waals surface area (Å²) in [7, 11) is 1.57. The Hall–Kier alpha value is -3.28. The van der Waals surface area contributed by atoms with E-state index in [1.54, 1.807) is 39.2 Å². The lowest BCUT2D eigenvalue weighted by molar-refractivity contribution is -0.123. The van der Waals surface area contributed by atoms with Gasteiger partial charge in [-0.1, -0.05) is 32.0 Å². The highest BCUT2D eigenvalue weighted by Gasteiger charge is 2.25. The summed E-state index contributed by atoms with van der Waals surface area (Å²) in [5, 5.41) is 3.64. The summed E-state index contributed by atoms with van der Waals surface area (Å²) >= 11 is 0. The number of aryl methyl sites for hydroxylation is 1. The highest BCUT2D eigenvalue weighted by atomic mass is 16.6. The number of benzene rings is 2. The van der Waals surface area contributed by atoms with E-state index in [1.807, 2.05) is 24.3 Å². The van der Waals surface area contributed by atoms with Crippen molar-refractivity contribution in [2.75, 3.05) is 12.4 Å². The van der Waals surface area contributed by atoms with E-state index in [0.29, 0.717) is 22.8 Å². The van der Waals surface area contributed by atoms with Crippen LogP contribution in [0.25, 0.3) is 11.0 Å². The summed E-state index contributed by atoms with van der Waals surface area (Å²) in [6, 6.07) is 12.9. The van der Waals surface area contributed by atoms with Gasteiger partial charge in [0.2, 0.25) is 5.76 Å². The van der Waals surface area contributed by atoms with E-state index in [-0.39, 0.29) is 5.76 Å². The lowest BCUT2D eigenvalue weighted by Crippen LogP contribution is -2.30. The third kappa shape index (κ3) is 4.32. The van der Waals surface area contributed by atoms with Gasteiger partial charge in [0.25, 0.3) is 5.91 Å². The minimum Gasteiger partial charge on any atom is -0.497 e. The van der Waals surface area contributed by atoms with Gasteiger partial charge < -0.3 is 19.2 Å². The average molecular weight is 409 g/mol. The predicted molar refractivity (Wildman–Crippen MR) is 116 cm³/mol. The number of nitrogens with one attached hydrogen (secondary N) is 1. The van der Waals surface area contributed by atoms with Crippen LogP contribution < -0.4 is 10.1 Å². The largest absolute Gasteiger partial charge is 0.497 e. The molecule has 0 bridgehead atoms. The SMILES string of the molecule is CC[C@@H](C)c1ccccc1NC(=O)[C@H](C)OC(=O)c1oc2ccc(OC)cc2c1C. The number of esters is 1. The van der Waals surface area contributed by atoms with Crippen LogP contribution in [-0.4, -0.2) is 25.1 Å². The second-order valence-electron chi connectivity index (χ2n) is 7.35. The molecule has 30 heavy (non-hydrogen) atoms. The number of ether oxygens (including phenoxy) is 2. The fraction of sp³-hybridized carbons (Fsp3) is 0.333. The Bertz CT molecular complexity index is 1070. The fourth-order valence-electron chi connectivity index (χ4n) is 3.28. The van der Waals surface area contributed by atoms with Crippen LogP contribution >= 0.6 is 0 Å². The predicted octanol–water partition coefficient (Wildman–Crippen LogP) is 5.45. The van der Waals surface area contributed by atoms with Gasteiger partial charge in [0.1, 0.15) is 11.3 Å². The molecule has 1 heterocycles. The standard InChI is InChI=1S/C24H27NO5/c1-6-14(2)18-9-7-8-10-20(18)25-23(26)16(4)29-24(27)22-15(3)19-13-17(28-5)11-12-21(19)30-22/h7-14,16H,6H2,1-5H3,(H,25,26)/t14-,16+/m1/s1. The summed E-state index contributed by atoms with van der Waals surface area (Å²) in [5.74, 6) is -0.0263. The molecule has 3 rings (SSSR count). The molecule has 6 nitrogen and oxygen atoms in total. The quantitative estimate of drug-likeness (QED) is 0.525. The van der Waals surface area contributed by atoms with E-state index in [0.717, 1.165) is 23.1 Å². The van der Waals surface area contributed by atoms with Crippen LogP contribution in [0.1, 0.15) is 54.8 Å². The van der Waals surface area contributed by atoms with Gasteiger partial charge in [-0.15, -0.1) is 0 Å². The maximum Gasteiger partial charge on any atom is 0.375 e. The number of para-hydroxylation sites is 1. The Morgan fingerprint density at radius 3 is 2.57 bits per heavy atom. The summed E-state index contributed by atoms with van der Waals surface area (Å²) in [4.78, 5) is 25.3. The lowest BCUT2D eigenvalue weighted by Gasteiger charge is -2.18. The Morgan fingerprint density at radius 2 is 1.87 bits per heavy atom. The van der Waals surface area contributed by atoms with E-state index >= 15 is 0 Å². The molecule has 158 valence electrons. The Labute approximate surface area is 176 Å². The minimum absolute atomic E-state index is 0.0814. The van der Waals surface area contributed by atoms with Gasteiger partial charge in [-0.3, -0.25) is 4.79 Å². The maximum absolute atomic E-state index is 12.7. The number of carbonyl (C=O) groups excluding carboxylic acids is 2. The molecule has 6 heteroatoms. The second kappa shape index (κ2) is 9.03. The number of methoxy groups -OCH3 is 1. The van der Waals surface area contributed by atoms with Crippen LogP contribution in [0.15, 0.2) is 46.9 Å². The number of carbonyl (C=O) groups is 2. The zero-order valence-electron chi connectivity index (χ0n) is 17.9. The highest BCUT2D eigenvalue weighted by molar-refractivity contribution is 5.99. The van der Waals surface area contributed by atoms with Crippen LogP contribution in [0.2, 0.25) is 0 Å². The van der Waals surface area contributed by atoms with Crippen molar-refractivity contribution in [3.8, 4) is 5.75 Å². The zero-order chi connectivity index (χ0) is 21.8. The van der Waals surface area contributed by atoms with E-state index in [9.17, 15) is 9.59 Å². The normalized spacial score (nSPS) is 13.0. The fourth-order valence-corrected chi connectivity index (χ4v) is 3.28. The first-order valence-corrected chi connectivity index (χ1v) is 10.0. The molecule has 0 aliphatic heterocycles. The molecule has 0 aliphatic rings. The number of furan rings is 1. The first-order valence-electron chi connectivity index (χ1n) is 10.0. The van der Waals surface area contributed by atoms with Crippen molar-refractivity contribution < 1.29 is 23.5 Å². The van der Waals surface area contributed by atoms with Gasteiger partial charge >= 0.3 is 5.97 Å². The summed E-state index contributed by atoms with van der Waals surface area (Å²) in [6.07, 6.45) is -0.0299. The number of anilines is 1. The molecule has 3 aromatic rings. The minimum atomic E-state index is -0.982. The molecule has 0 unspecified atom stereocenters. The lowest BCUT2D eigenvalue weighted by atomic mass is 9.97. The topological polar surface area (TPSA) is 77.8 Å².